The van der Waals surface area contributed by atoms with Gasteiger partial charge in [-0.3, -0.25) is 0 Å². The van der Waals surface area contributed by atoms with Crippen molar-refractivity contribution in [1.29, 1.82) is 0 Å². The van der Waals surface area contributed by atoms with Gasteiger partial charge in [0.25, 0.3) is 0 Å². The molecule has 1 unspecified atom stereocenters. The zero-order chi connectivity index (χ0) is 13.4. The maximum Gasteiger partial charge on any atom is 0.0107 e. The second-order valence-electron chi connectivity index (χ2n) is 5.81. The average molecular weight is 255 g/mol. The largest absolute Gasteiger partial charge is 0.313 e. The molecule has 3 nitrogen and oxygen atoms in total. The van der Waals surface area contributed by atoms with E-state index in [9.17, 15) is 0 Å². The standard InChI is InChI=1S/C15H33N3/c1-5-10-18-11-7-15(8-12-18)16-9-13-17(4)14(3)6-2/h14-16H,5-13H2,1-4H3. The summed E-state index contributed by atoms with van der Waals surface area (Å²) >= 11 is 0. The molecule has 1 rings (SSSR count). The van der Waals surface area contributed by atoms with Crippen LogP contribution in [0.25, 0.3) is 0 Å². The highest BCUT2D eigenvalue weighted by Gasteiger charge is 2.17. The van der Waals surface area contributed by atoms with Gasteiger partial charge in [0, 0.05) is 25.2 Å². The molecule has 0 aromatic carbocycles. The Morgan fingerprint density at radius 2 is 1.94 bits per heavy atom. The van der Waals surface area contributed by atoms with Gasteiger partial charge in [-0.2, -0.15) is 0 Å². The lowest BCUT2D eigenvalue weighted by molar-refractivity contribution is 0.190. The number of nitrogens with one attached hydrogen (secondary N) is 1. The molecular formula is C15H33N3. The number of nitrogens with zero attached hydrogens (tertiary/aromatic N) is 2. The number of likely N-dealkylation sites (tertiary alicyclic amines) is 1. The molecule has 18 heavy (non-hydrogen) atoms. The van der Waals surface area contributed by atoms with E-state index in [1.165, 1.54) is 51.9 Å². The van der Waals surface area contributed by atoms with E-state index < -0.39 is 0 Å². The highest BCUT2D eigenvalue weighted by atomic mass is 15.2. The van der Waals surface area contributed by atoms with Gasteiger partial charge in [-0.15, -0.1) is 0 Å². The molecule has 1 aliphatic heterocycles. The first-order chi connectivity index (χ1) is 8.67. The Hall–Kier alpha value is -0.120. The van der Waals surface area contributed by atoms with Crippen LogP contribution in [0.5, 0.6) is 0 Å². The summed E-state index contributed by atoms with van der Waals surface area (Å²) in [6, 6.07) is 1.46. The molecule has 108 valence electrons. The summed E-state index contributed by atoms with van der Waals surface area (Å²) < 4.78 is 0. The van der Waals surface area contributed by atoms with Crippen molar-refractivity contribution in [2.75, 3.05) is 39.8 Å². The van der Waals surface area contributed by atoms with Crippen LogP contribution in [0, 0.1) is 0 Å². The zero-order valence-corrected chi connectivity index (χ0v) is 12.9. The summed E-state index contributed by atoms with van der Waals surface area (Å²) in [6.45, 7) is 13.0. The fourth-order valence-corrected chi connectivity index (χ4v) is 2.65. The number of hydrogen-bond acceptors (Lipinski definition) is 3. The number of likely N-dealkylation sites (N-methyl/N-ethyl adjacent to an activating group) is 1. The lowest BCUT2D eigenvalue weighted by Crippen LogP contribution is -2.45. The fraction of sp³-hybridized carbons (Fsp3) is 1.00. The topological polar surface area (TPSA) is 18.5 Å². The molecule has 1 heterocycles. The first kappa shape index (κ1) is 15.9. The Kier molecular flexibility index (Phi) is 7.87. The Morgan fingerprint density at radius 1 is 1.28 bits per heavy atom. The van der Waals surface area contributed by atoms with Gasteiger partial charge in [0.1, 0.15) is 0 Å². The van der Waals surface area contributed by atoms with Crippen molar-refractivity contribution in [3.8, 4) is 0 Å². The van der Waals surface area contributed by atoms with E-state index in [2.05, 4.69) is 42.9 Å². The third kappa shape index (κ3) is 5.68. The highest BCUT2D eigenvalue weighted by molar-refractivity contribution is 4.77. The van der Waals surface area contributed by atoms with Gasteiger partial charge < -0.3 is 15.1 Å². The van der Waals surface area contributed by atoms with E-state index in [1.807, 2.05) is 0 Å². The van der Waals surface area contributed by atoms with E-state index in [0.717, 1.165) is 12.6 Å². The SMILES string of the molecule is CCCN1CCC(NCCN(C)C(C)CC)CC1. The number of hydrogen-bond donors (Lipinski definition) is 1. The van der Waals surface area contributed by atoms with E-state index in [4.69, 9.17) is 0 Å². The third-order valence-corrected chi connectivity index (χ3v) is 4.37. The Labute approximate surface area is 114 Å². The second-order valence-corrected chi connectivity index (χ2v) is 5.81. The second kappa shape index (κ2) is 8.89. The first-order valence-corrected chi connectivity index (χ1v) is 7.83. The molecule has 1 aliphatic rings. The molecule has 1 N–H and O–H groups in total. The lowest BCUT2D eigenvalue weighted by Gasteiger charge is -2.33. The summed E-state index contributed by atoms with van der Waals surface area (Å²) in [6.07, 6.45) is 5.18. The normalized spacial score (nSPS) is 20.5. The summed E-state index contributed by atoms with van der Waals surface area (Å²) in [7, 11) is 2.24. The molecule has 0 amide bonds. The van der Waals surface area contributed by atoms with Crippen LogP contribution in [0.4, 0.5) is 0 Å². The number of rotatable bonds is 8. The predicted octanol–water partition coefficient (Wildman–Crippen LogP) is 2.18. The van der Waals surface area contributed by atoms with E-state index >= 15 is 0 Å². The van der Waals surface area contributed by atoms with Crippen LogP contribution in [-0.4, -0.2) is 61.7 Å². The van der Waals surface area contributed by atoms with E-state index in [-0.39, 0.29) is 0 Å². The molecule has 1 atom stereocenters. The summed E-state index contributed by atoms with van der Waals surface area (Å²) in [4.78, 5) is 5.06. The smallest absolute Gasteiger partial charge is 0.0107 e. The van der Waals surface area contributed by atoms with Crippen molar-refractivity contribution >= 4 is 0 Å². The van der Waals surface area contributed by atoms with Crippen molar-refractivity contribution in [3.05, 3.63) is 0 Å². The summed E-state index contributed by atoms with van der Waals surface area (Å²) in [5.74, 6) is 0. The zero-order valence-electron chi connectivity index (χ0n) is 12.9. The number of piperidine rings is 1. The highest BCUT2D eigenvalue weighted by Crippen LogP contribution is 2.10. The van der Waals surface area contributed by atoms with Gasteiger partial charge in [0.15, 0.2) is 0 Å². The summed E-state index contributed by atoms with van der Waals surface area (Å²) in [5.41, 5.74) is 0. The van der Waals surface area contributed by atoms with Crippen molar-refractivity contribution in [1.82, 2.24) is 15.1 Å². The quantitative estimate of drug-likeness (QED) is 0.717. The van der Waals surface area contributed by atoms with Crippen LogP contribution in [0.2, 0.25) is 0 Å². The van der Waals surface area contributed by atoms with Crippen LogP contribution in [0.1, 0.15) is 46.5 Å². The van der Waals surface area contributed by atoms with E-state index in [0.29, 0.717) is 6.04 Å². The van der Waals surface area contributed by atoms with Crippen molar-refractivity contribution in [2.24, 2.45) is 0 Å². The minimum Gasteiger partial charge on any atom is -0.313 e. The minimum absolute atomic E-state index is 0.707. The molecule has 3 heteroatoms. The Morgan fingerprint density at radius 3 is 2.50 bits per heavy atom. The molecule has 0 aromatic heterocycles. The van der Waals surface area contributed by atoms with Crippen LogP contribution in [-0.2, 0) is 0 Å². The molecule has 0 aromatic rings. The van der Waals surface area contributed by atoms with Crippen LogP contribution in [0.15, 0.2) is 0 Å². The van der Waals surface area contributed by atoms with Crippen molar-refractivity contribution in [2.45, 2.75) is 58.5 Å². The van der Waals surface area contributed by atoms with Gasteiger partial charge in [0.05, 0.1) is 0 Å². The molecule has 0 spiro atoms. The third-order valence-electron chi connectivity index (χ3n) is 4.37. The predicted molar refractivity (Wildman–Crippen MR) is 80.1 cm³/mol. The molecule has 1 saturated heterocycles. The molecule has 0 aliphatic carbocycles. The Balaban J connectivity index is 2.07. The molecule has 1 fully saturated rings. The lowest BCUT2D eigenvalue weighted by atomic mass is 10.0. The minimum atomic E-state index is 0.707. The van der Waals surface area contributed by atoms with Crippen molar-refractivity contribution < 1.29 is 0 Å². The van der Waals surface area contributed by atoms with Gasteiger partial charge >= 0.3 is 0 Å². The van der Waals surface area contributed by atoms with E-state index in [1.54, 1.807) is 0 Å². The first-order valence-electron chi connectivity index (χ1n) is 7.83. The van der Waals surface area contributed by atoms with Crippen LogP contribution in [0.3, 0.4) is 0 Å². The molecule has 0 saturated carbocycles. The van der Waals surface area contributed by atoms with Gasteiger partial charge in [-0.25, -0.2) is 0 Å². The van der Waals surface area contributed by atoms with Crippen LogP contribution < -0.4 is 5.32 Å². The van der Waals surface area contributed by atoms with Gasteiger partial charge in [0.2, 0.25) is 0 Å². The van der Waals surface area contributed by atoms with Crippen LogP contribution >= 0.6 is 0 Å². The molecular weight excluding hydrogens is 222 g/mol. The van der Waals surface area contributed by atoms with Crippen molar-refractivity contribution in [3.63, 3.8) is 0 Å². The van der Waals surface area contributed by atoms with Gasteiger partial charge in [-0.05, 0) is 59.3 Å². The average Bonchev–Trinajstić information content (AvgIpc) is 2.40. The maximum absolute atomic E-state index is 3.73. The van der Waals surface area contributed by atoms with Gasteiger partial charge in [-0.1, -0.05) is 13.8 Å². The monoisotopic (exact) mass is 255 g/mol. The molecule has 0 bridgehead atoms. The molecule has 0 radical (unpaired) electrons. The Bertz CT molecular complexity index is 200. The fourth-order valence-electron chi connectivity index (χ4n) is 2.65. The maximum atomic E-state index is 3.73. The summed E-state index contributed by atoms with van der Waals surface area (Å²) in [5, 5.41) is 3.73.